The first-order valence-electron chi connectivity index (χ1n) is 6.18. The summed E-state index contributed by atoms with van der Waals surface area (Å²) in [6.45, 7) is 2.04. The van der Waals surface area contributed by atoms with Crippen LogP contribution in [0, 0.1) is 0 Å². The van der Waals surface area contributed by atoms with Crippen molar-refractivity contribution in [1.29, 1.82) is 0 Å². The number of hydrogen-bond donors (Lipinski definition) is 1. The molecule has 1 aliphatic heterocycles. The van der Waals surface area contributed by atoms with Crippen molar-refractivity contribution >= 4 is 29.4 Å². The number of carbonyl (C=O) groups excluding carboxylic acids is 1. The minimum atomic E-state index is -0.109. The summed E-state index contributed by atoms with van der Waals surface area (Å²) in [7, 11) is 3.33. The van der Waals surface area contributed by atoms with Crippen molar-refractivity contribution in [3.8, 4) is 0 Å². The molecule has 0 spiro atoms. The number of halogens is 1. The second-order valence-electron chi connectivity index (χ2n) is 4.43. The lowest BCUT2D eigenvalue weighted by Crippen LogP contribution is -2.34. The third kappa shape index (κ3) is 3.44. The van der Waals surface area contributed by atoms with E-state index in [0.717, 1.165) is 25.9 Å². The fourth-order valence-corrected chi connectivity index (χ4v) is 2.08. The smallest absolute Gasteiger partial charge is 0.239 e. The van der Waals surface area contributed by atoms with Crippen molar-refractivity contribution in [3.63, 3.8) is 0 Å². The highest BCUT2D eigenvalue weighted by Crippen LogP contribution is 2.19. The summed E-state index contributed by atoms with van der Waals surface area (Å²) >= 11 is 5.93. The van der Waals surface area contributed by atoms with Gasteiger partial charge in [0.15, 0.2) is 0 Å². The van der Waals surface area contributed by atoms with Gasteiger partial charge in [0.25, 0.3) is 0 Å². The van der Waals surface area contributed by atoms with Gasteiger partial charge in [-0.3, -0.25) is 4.79 Å². The van der Waals surface area contributed by atoms with Crippen LogP contribution in [0.5, 0.6) is 0 Å². The first-order chi connectivity index (χ1) is 9.10. The van der Waals surface area contributed by atoms with Crippen molar-refractivity contribution in [2.45, 2.75) is 12.8 Å². The van der Waals surface area contributed by atoms with E-state index in [4.69, 9.17) is 11.6 Å². The van der Waals surface area contributed by atoms with Crippen LogP contribution in [0.1, 0.15) is 12.8 Å². The lowest BCUT2D eigenvalue weighted by Gasteiger charge is -2.19. The van der Waals surface area contributed by atoms with Gasteiger partial charge in [0.05, 0.1) is 6.54 Å². The molecule has 1 N–H and O–H groups in total. The number of anilines is 2. The molecule has 0 unspecified atom stereocenters. The molecule has 1 aliphatic rings. The lowest BCUT2D eigenvalue weighted by molar-refractivity contribution is -0.119. The van der Waals surface area contributed by atoms with E-state index in [1.165, 1.54) is 0 Å². The number of nitrogens with one attached hydrogen (secondary N) is 1. The van der Waals surface area contributed by atoms with Gasteiger partial charge in [-0.1, -0.05) is 0 Å². The van der Waals surface area contributed by atoms with Crippen molar-refractivity contribution in [3.05, 3.63) is 5.28 Å². The number of aromatic nitrogens is 3. The zero-order chi connectivity index (χ0) is 13.8. The lowest BCUT2D eigenvalue weighted by atomic mass is 10.4. The number of amides is 1. The van der Waals surface area contributed by atoms with Gasteiger partial charge in [-0.15, -0.1) is 0 Å². The van der Waals surface area contributed by atoms with Gasteiger partial charge >= 0.3 is 0 Å². The largest absolute Gasteiger partial charge is 0.358 e. The zero-order valence-electron chi connectivity index (χ0n) is 11.1. The Morgan fingerprint density at radius 2 is 2.05 bits per heavy atom. The first-order valence-corrected chi connectivity index (χ1v) is 6.56. The molecule has 1 saturated heterocycles. The molecule has 1 amide bonds. The maximum Gasteiger partial charge on any atom is 0.239 e. The monoisotopic (exact) mass is 284 g/mol. The third-order valence-electron chi connectivity index (χ3n) is 2.97. The molecule has 104 valence electrons. The standard InChI is InChI=1S/C11H17ClN6O/c1-13-8(19)7-17(2)10-14-9(12)15-11(16-10)18-5-3-4-6-18/h3-7H2,1-2H3,(H,13,19). The molecule has 2 heterocycles. The molecule has 19 heavy (non-hydrogen) atoms. The van der Waals surface area contributed by atoms with Gasteiger partial charge in [0.1, 0.15) is 0 Å². The summed E-state index contributed by atoms with van der Waals surface area (Å²) in [5.41, 5.74) is 0. The van der Waals surface area contributed by atoms with E-state index in [1.807, 2.05) is 0 Å². The zero-order valence-corrected chi connectivity index (χ0v) is 11.8. The maximum atomic E-state index is 11.4. The summed E-state index contributed by atoms with van der Waals surface area (Å²) in [4.78, 5) is 27.6. The third-order valence-corrected chi connectivity index (χ3v) is 3.14. The van der Waals surface area contributed by atoms with Crippen LogP contribution in [0.25, 0.3) is 0 Å². The predicted molar refractivity (Wildman–Crippen MR) is 73.6 cm³/mol. The van der Waals surface area contributed by atoms with Gasteiger partial charge < -0.3 is 15.1 Å². The van der Waals surface area contributed by atoms with Gasteiger partial charge in [-0.05, 0) is 24.4 Å². The Labute approximate surface area is 117 Å². The van der Waals surface area contributed by atoms with E-state index in [2.05, 4.69) is 25.2 Å². The fourth-order valence-electron chi connectivity index (χ4n) is 1.92. The molecule has 2 rings (SSSR count). The van der Waals surface area contributed by atoms with Crippen LogP contribution < -0.4 is 15.1 Å². The molecule has 7 nitrogen and oxygen atoms in total. The molecule has 1 aromatic rings. The second kappa shape index (κ2) is 6.01. The normalized spacial score (nSPS) is 14.6. The molecule has 0 bridgehead atoms. The van der Waals surface area contributed by atoms with Crippen LogP contribution in [-0.2, 0) is 4.79 Å². The van der Waals surface area contributed by atoms with Crippen molar-refractivity contribution in [2.24, 2.45) is 0 Å². The van der Waals surface area contributed by atoms with Crippen LogP contribution in [0.15, 0.2) is 0 Å². The quantitative estimate of drug-likeness (QED) is 0.858. The molecule has 0 radical (unpaired) electrons. The number of rotatable bonds is 4. The van der Waals surface area contributed by atoms with Gasteiger partial charge in [-0.2, -0.15) is 15.0 Å². The van der Waals surface area contributed by atoms with E-state index in [-0.39, 0.29) is 17.7 Å². The van der Waals surface area contributed by atoms with Crippen molar-refractivity contribution < 1.29 is 4.79 Å². The highest BCUT2D eigenvalue weighted by atomic mass is 35.5. The Kier molecular flexibility index (Phi) is 4.36. The average Bonchev–Trinajstić information content (AvgIpc) is 2.91. The Morgan fingerprint density at radius 3 is 2.68 bits per heavy atom. The van der Waals surface area contributed by atoms with Gasteiger partial charge in [0, 0.05) is 27.2 Å². The summed E-state index contributed by atoms with van der Waals surface area (Å²) in [5, 5.41) is 2.70. The summed E-state index contributed by atoms with van der Waals surface area (Å²) < 4.78 is 0. The van der Waals surface area contributed by atoms with Gasteiger partial charge in [-0.25, -0.2) is 0 Å². The van der Waals surface area contributed by atoms with E-state index in [0.29, 0.717) is 11.9 Å². The van der Waals surface area contributed by atoms with Crippen LogP contribution in [-0.4, -0.2) is 54.6 Å². The summed E-state index contributed by atoms with van der Waals surface area (Å²) in [6, 6.07) is 0. The minimum absolute atomic E-state index is 0.109. The summed E-state index contributed by atoms with van der Waals surface area (Å²) in [6.07, 6.45) is 2.26. The molecule has 0 saturated carbocycles. The molecule has 0 atom stereocenters. The van der Waals surface area contributed by atoms with Crippen molar-refractivity contribution in [2.75, 3.05) is 43.5 Å². The molecule has 8 heteroatoms. The van der Waals surface area contributed by atoms with Crippen LogP contribution >= 0.6 is 11.6 Å². The number of nitrogens with zero attached hydrogens (tertiary/aromatic N) is 5. The fraction of sp³-hybridized carbons (Fsp3) is 0.636. The topological polar surface area (TPSA) is 74.2 Å². The molecule has 0 aliphatic carbocycles. The minimum Gasteiger partial charge on any atom is -0.358 e. The molecular formula is C11H17ClN6O. The predicted octanol–water partition coefficient (Wildman–Crippen LogP) is 0.307. The van der Waals surface area contributed by atoms with Crippen LogP contribution in [0.4, 0.5) is 11.9 Å². The molecular weight excluding hydrogens is 268 g/mol. The Hall–Kier alpha value is -1.63. The molecule has 1 fully saturated rings. The van der Waals surface area contributed by atoms with E-state index in [9.17, 15) is 4.79 Å². The Bertz CT molecular complexity index is 462. The maximum absolute atomic E-state index is 11.4. The SMILES string of the molecule is CNC(=O)CN(C)c1nc(Cl)nc(N2CCCC2)n1. The highest BCUT2D eigenvalue weighted by molar-refractivity contribution is 6.28. The molecule has 0 aromatic carbocycles. The van der Waals surface area contributed by atoms with Crippen LogP contribution in [0.2, 0.25) is 5.28 Å². The van der Waals surface area contributed by atoms with E-state index >= 15 is 0 Å². The van der Waals surface area contributed by atoms with E-state index < -0.39 is 0 Å². The Morgan fingerprint density at radius 1 is 1.37 bits per heavy atom. The summed E-state index contributed by atoms with van der Waals surface area (Å²) in [5.74, 6) is 0.878. The Balaban J connectivity index is 2.18. The highest BCUT2D eigenvalue weighted by Gasteiger charge is 2.18. The number of likely N-dealkylation sites (N-methyl/N-ethyl adjacent to an activating group) is 2. The number of hydrogen-bond acceptors (Lipinski definition) is 6. The van der Waals surface area contributed by atoms with Crippen LogP contribution in [0.3, 0.4) is 0 Å². The first kappa shape index (κ1) is 13.8. The number of carbonyl (C=O) groups is 1. The average molecular weight is 285 g/mol. The van der Waals surface area contributed by atoms with E-state index in [1.54, 1.807) is 19.0 Å². The molecule has 1 aromatic heterocycles. The van der Waals surface area contributed by atoms with Crippen molar-refractivity contribution in [1.82, 2.24) is 20.3 Å². The second-order valence-corrected chi connectivity index (χ2v) is 4.77. The van der Waals surface area contributed by atoms with Gasteiger partial charge in [0.2, 0.25) is 23.1 Å².